The first kappa shape index (κ1) is 18.2. The molecule has 2 aromatic rings. The smallest absolute Gasteiger partial charge is 0.257 e. The molecule has 0 fully saturated rings. The van der Waals surface area contributed by atoms with Gasteiger partial charge in [-0.05, 0) is 63.8 Å². The lowest BCUT2D eigenvalue weighted by atomic mass is 10.2. The molecule has 1 heterocycles. The van der Waals surface area contributed by atoms with E-state index in [1.54, 1.807) is 24.5 Å². The molecule has 5 nitrogen and oxygen atoms in total. The topological polar surface area (TPSA) is 57.3 Å². The number of hydrogen-bond donors (Lipinski definition) is 2. The number of aromatic nitrogens is 1. The van der Waals surface area contributed by atoms with Crippen LogP contribution in [0.5, 0.6) is 0 Å². The Bertz CT molecular complexity index is 703. The molecule has 0 saturated heterocycles. The maximum absolute atomic E-state index is 12.4. The van der Waals surface area contributed by atoms with E-state index in [2.05, 4.69) is 20.5 Å². The van der Waals surface area contributed by atoms with Crippen LogP contribution in [0.3, 0.4) is 0 Å². The van der Waals surface area contributed by atoms with Gasteiger partial charge < -0.3 is 15.5 Å². The molecule has 1 aromatic heterocycles. The van der Waals surface area contributed by atoms with E-state index in [0.29, 0.717) is 10.6 Å². The monoisotopic (exact) mass is 346 g/mol. The zero-order valence-corrected chi connectivity index (χ0v) is 15.0. The van der Waals surface area contributed by atoms with Crippen molar-refractivity contribution in [2.75, 3.05) is 37.8 Å². The van der Waals surface area contributed by atoms with Crippen molar-refractivity contribution in [2.24, 2.45) is 0 Å². The second kappa shape index (κ2) is 8.66. The van der Waals surface area contributed by atoms with E-state index in [9.17, 15) is 4.79 Å². The predicted molar refractivity (Wildman–Crippen MR) is 100 cm³/mol. The number of halogens is 1. The van der Waals surface area contributed by atoms with Crippen LogP contribution in [0.2, 0.25) is 5.02 Å². The summed E-state index contributed by atoms with van der Waals surface area (Å²) in [6.07, 6.45) is 4.30. The summed E-state index contributed by atoms with van der Waals surface area (Å²) in [5, 5.41) is 6.83. The lowest BCUT2D eigenvalue weighted by Gasteiger charge is -2.12. The SMILES string of the molecule is Cc1cc(Cl)ccc1NC(=O)c1cncc(NCCCN(C)C)c1. The van der Waals surface area contributed by atoms with Gasteiger partial charge in [0.25, 0.3) is 5.91 Å². The molecular formula is C18H23ClN4O. The zero-order chi connectivity index (χ0) is 17.5. The quantitative estimate of drug-likeness (QED) is 0.751. The fourth-order valence-corrected chi connectivity index (χ4v) is 2.48. The van der Waals surface area contributed by atoms with E-state index in [1.807, 2.05) is 33.2 Å². The van der Waals surface area contributed by atoms with E-state index in [4.69, 9.17) is 11.6 Å². The third-order valence-electron chi connectivity index (χ3n) is 3.55. The van der Waals surface area contributed by atoms with E-state index in [1.165, 1.54) is 0 Å². The molecule has 0 spiro atoms. The van der Waals surface area contributed by atoms with Gasteiger partial charge in [0.05, 0.1) is 11.3 Å². The summed E-state index contributed by atoms with van der Waals surface area (Å²) in [5.74, 6) is -0.190. The average molecular weight is 347 g/mol. The van der Waals surface area contributed by atoms with Gasteiger partial charge in [-0.3, -0.25) is 9.78 Å². The van der Waals surface area contributed by atoms with Gasteiger partial charge in [-0.2, -0.15) is 0 Å². The number of aryl methyl sites for hydroxylation is 1. The van der Waals surface area contributed by atoms with E-state index in [-0.39, 0.29) is 5.91 Å². The van der Waals surface area contributed by atoms with Crippen molar-refractivity contribution in [3.05, 3.63) is 52.8 Å². The van der Waals surface area contributed by atoms with Gasteiger partial charge in [0.15, 0.2) is 0 Å². The summed E-state index contributed by atoms with van der Waals surface area (Å²) in [5.41, 5.74) is 3.02. The Balaban J connectivity index is 1.98. The summed E-state index contributed by atoms with van der Waals surface area (Å²) in [4.78, 5) is 18.7. The number of amides is 1. The molecule has 0 unspecified atom stereocenters. The maximum Gasteiger partial charge on any atom is 0.257 e. The lowest BCUT2D eigenvalue weighted by Crippen LogP contribution is -2.17. The lowest BCUT2D eigenvalue weighted by molar-refractivity contribution is 0.102. The molecule has 0 bridgehead atoms. The highest BCUT2D eigenvalue weighted by atomic mass is 35.5. The highest BCUT2D eigenvalue weighted by Gasteiger charge is 2.09. The van der Waals surface area contributed by atoms with Crippen molar-refractivity contribution < 1.29 is 4.79 Å². The third kappa shape index (κ3) is 5.51. The summed E-state index contributed by atoms with van der Waals surface area (Å²) in [7, 11) is 4.09. The number of nitrogens with one attached hydrogen (secondary N) is 2. The number of benzene rings is 1. The Kier molecular flexibility index (Phi) is 6.58. The number of rotatable bonds is 7. The van der Waals surface area contributed by atoms with Crippen molar-refractivity contribution in [3.8, 4) is 0 Å². The van der Waals surface area contributed by atoms with Crippen LogP contribution in [0, 0.1) is 6.92 Å². The van der Waals surface area contributed by atoms with Crippen molar-refractivity contribution in [1.29, 1.82) is 0 Å². The molecule has 1 aromatic carbocycles. The van der Waals surface area contributed by atoms with Gasteiger partial charge in [0.2, 0.25) is 0 Å². The Morgan fingerprint density at radius 2 is 2.04 bits per heavy atom. The first-order chi connectivity index (χ1) is 11.5. The minimum absolute atomic E-state index is 0.190. The molecule has 2 N–H and O–H groups in total. The standard InChI is InChI=1S/C18H23ClN4O/c1-13-9-15(19)5-6-17(13)22-18(24)14-10-16(12-20-11-14)21-7-4-8-23(2)3/h5-6,9-12,21H,4,7-8H2,1-3H3,(H,22,24). The average Bonchev–Trinajstić information content (AvgIpc) is 2.54. The van der Waals surface area contributed by atoms with Crippen LogP contribution in [0.25, 0.3) is 0 Å². The molecule has 24 heavy (non-hydrogen) atoms. The van der Waals surface area contributed by atoms with Crippen LogP contribution < -0.4 is 10.6 Å². The molecule has 0 saturated carbocycles. The molecule has 0 radical (unpaired) electrons. The number of carbonyl (C=O) groups excluding carboxylic acids is 1. The number of anilines is 2. The first-order valence-electron chi connectivity index (χ1n) is 7.87. The minimum Gasteiger partial charge on any atom is -0.384 e. The molecule has 6 heteroatoms. The second-order valence-corrected chi connectivity index (χ2v) is 6.40. The summed E-state index contributed by atoms with van der Waals surface area (Å²) in [6, 6.07) is 7.18. The van der Waals surface area contributed by atoms with Crippen LogP contribution in [0.4, 0.5) is 11.4 Å². The van der Waals surface area contributed by atoms with Crippen molar-refractivity contribution in [3.63, 3.8) is 0 Å². The predicted octanol–water partition coefficient (Wildman–Crippen LogP) is 3.66. The molecule has 128 valence electrons. The highest BCUT2D eigenvalue weighted by Crippen LogP contribution is 2.20. The molecular weight excluding hydrogens is 324 g/mol. The number of hydrogen-bond acceptors (Lipinski definition) is 4. The van der Waals surface area contributed by atoms with Crippen LogP contribution in [-0.4, -0.2) is 43.0 Å². The van der Waals surface area contributed by atoms with E-state index >= 15 is 0 Å². The van der Waals surface area contributed by atoms with Gasteiger partial charge in [-0.25, -0.2) is 0 Å². The summed E-state index contributed by atoms with van der Waals surface area (Å²) >= 11 is 5.94. The Morgan fingerprint density at radius 3 is 2.75 bits per heavy atom. The van der Waals surface area contributed by atoms with Crippen LogP contribution in [-0.2, 0) is 0 Å². The van der Waals surface area contributed by atoms with E-state index < -0.39 is 0 Å². The summed E-state index contributed by atoms with van der Waals surface area (Å²) < 4.78 is 0. The number of nitrogens with zero attached hydrogens (tertiary/aromatic N) is 2. The van der Waals surface area contributed by atoms with Crippen molar-refractivity contribution >= 4 is 28.9 Å². The van der Waals surface area contributed by atoms with Gasteiger partial charge in [-0.1, -0.05) is 11.6 Å². The Morgan fingerprint density at radius 1 is 1.25 bits per heavy atom. The van der Waals surface area contributed by atoms with Crippen LogP contribution in [0.15, 0.2) is 36.7 Å². The fraction of sp³-hybridized carbons (Fsp3) is 0.333. The molecule has 2 rings (SSSR count). The maximum atomic E-state index is 12.4. The van der Waals surface area contributed by atoms with Crippen LogP contribution in [0.1, 0.15) is 22.3 Å². The zero-order valence-electron chi connectivity index (χ0n) is 14.3. The largest absolute Gasteiger partial charge is 0.384 e. The van der Waals surface area contributed by atoms with Crippen molar-refractivity contribution in [2.45, 2.75) is 13.3 Å². The molecule has 0 atom stereocenters. The molecule has 0 aliphatic heterocycles. The third-order valence-corrected chi connectivity index (χ3v) is 3.78. The number of carbonyl (C=O) groups is 1. The Hall–Kier alpha value is -2.11. The molecule has 0 aliphatic carbocycles. The molecule has 1 amide bonds. The van der Waals surface area contributed by atoms with Crippen molar-refractivity contribution in [1.82, 2.24) is 9.88 Å². The van der Waals surface area contributed by atoms with Gasteiger partial charge in [0.1, 0.15) is 0 Å². The minimum atomic E-state index is -0.190. The highest BCUT2D eigenvalue weighted by molar-refractivity contribution is 6.30. The van der Waals surface area contributed by atoms with Gasteiger partial charge >= 0.3 is 0 Å². The summed E-state index contributed by atoms with van der Waals surface area (Å²) in [6.45, 7) is 3.75. The second-order valence-electron chi connectivity index (χ2n) is 5.96. The van der Waals surface area contributed by atoms with E-state index in [0.717, 1.165) is 36.4 Å². The molecule has 0 aliphatic rings. The Labute approximate surface area is 148 Å². The first-order valence-corrected chi connectivity index (χ1v) is 8.24. The normalized spacial score (nSPS) is 10.7. The number of pyridine rings is 1. The van der Waals surface area contributed by atoms with Gasteiger partial charge in [0, 0.05) is 29.6 Å². The van der Waals surface area contributed by atoms with Gasteiger partial charge in [-0.15, -0.1) is 0 Å². The fourth-order valence-electron chi connectivity index (χ4n) is 2.25. The van der Waals surface area contributed by atoms with Crippen LogP contribution >= 0.6 is 11.6 Å².